The van der Waals surface area contributed by atoms with E-state index in [0.29, 0.717) is 12.0 Å². The fourth-order valence-corrected chi connectivity index (χ4v) is 4.65. The Hall–Kier alpha value is -0.160. The Morgan fingerprint density at radius 1 is 1.30 bits per heavy atom. The third-order valence-corrected chi connectivity index (χ3v) is 6.44. The molecule has 1 aliphatic rings. The third-order valence-electron chi connectivity index (χ3n) is 4.68. The van der Waals surface area contributed by atoms with E-state index in [0.717, 1.165) is 48.1 Å². The third kappa shape index (κ3) is 8.00. The Bertz CT molecular complexity index is 578. The highest BCUT2D eigenvalue weighted by molar-refractivity contribution is 14.0. The van der Waals surface area contributed by atoms with Gasteiger partial charge in [-0.25, -0.2) is 0 Å². The van der Waals surface area contributed by atoms with Gasteiger partial charge in [-0.3, -0.25) is 4.99 Å². The molecule has 9 heteroatoms. The zero-order valence-electron chi connectivity index (χ0n) is 17.2. The van der Waals surface area contributed by atoms with Crippen molar-refractivity contribution in [2.24, 2.45) is 10.9 Å². The molecule has 0 saturated heterocycles. The highest BCUT2D eigenvalue weighted by Crippen LogP contribution is 2.28. The summed E-state index contributed by atoms with van der Waals surface area (Å²) in [6.07, 6.45) is 10.00. The van der Waals surface area contributed by atoms with E-state index in [4.69, 9.17) is 0 Å². The molecule has 2 atom stereocenters. The van der Waals surface area contributed by atoms with Gasteiger partial charge in [-0.2, -0.15) is 11.8 Å². The van der Waals surface area contributed by atoms with Crippen molar-refractivity contribution in [3.63, 3.8) is 0 Å². The Morgan fingerprint density at radius 2 is 2.07 bits per heavy atom. The predicted octanol–water partition coefficient (Wildman–Crippen LogP) is 3.66. The van der Waals surface area contributed by atoms with E-state index < -0.39 is 0 Å². The number of aromatic nitrogens is 3. The van der Waals surface area contributed by atoms with Gasteiger partial charge in [0.2, 0.25) is 0 Å². The maximum Gasteiger partial charge on any atom is 0.191 e. The van der Waals surface area contributed by atoms with Crippen molar-refractivity contribution < 1.29 is 0 Å². The number of guanidine groups is 1. The number of nitrogens with zero attached hydrogens (tertiary/aromatic N) is 4. The molecule has 1 aliphatic carbocycles. The molecule has 1 fully saturated rings. The molecule has 0 amide bonds. The number of nitrogens with one attached hydrogen (secondary N) is 2. The predicted molar refractivity (Wildman–Crippen MR) is 130 cm³/mol. The smallest absolute Gasteiger partial charge is 0.191 e. The molecule has 156 valence electrons. The van der Waals surface area contributed by atoms with Crippen LogP contribution in [0.3, 0.4) is 0 Å². The average molecular weight is 527 g/mol. The van der Waals surface area contributed by atoms with Crippen molar-refractivity contribution in [3.8, 4) is 0 Å². The number of thioether (sulfide) groups is 2. The molecule has 1 heterocycles. The van der Waals surface area contributed by atoms with E-state index in [2.05, 4.69) is 56.7 Å². The topological polar surface area (TPSA) is 67.1 Å². The highest BCUT2D eigenvalue weighted by Gasteiger charge is 2.24. The fraction of sp³-hybridized carbons (Fsp3) is 0.833. The molecule has 1 saturated carbocycles. The molecule has 0 spiro atoms. The zero-order chi connectivity index (χ0) is 18.9. The number of hydrogen-bond acceptors (Lipinski definition) is 5. The first-order valence-corrected chi connectivity index (χ1v) is 12.0. The molecule has 0 aromatic carbocycles. The summed E-state index contributed by atoms with van der Waals surface area (Å²) in [5, 5.41) is 17.5. The van der Waals surface area contributed by atoms with Crippen LogP contribution in [-0.4, -0.2) is 58.1 Å². The van der Waals surface area contributed by atoms with Gasteiger partial charge in [0.15, 0.2) is 11.1 Å². The zero-order valence-corrected chi connectivity index (χ0v) is 21.2. The monoisotopic (exact) mass is 526 g/mol. The number of aliphatic imine (C=N–C) groups is 1. The summed E-state index contributed by atoms with van der Waals surface area (Å²) in [6, 6.07) is 0.553. The second-order valence-corrected chi connectivity index (χ2v) is 9.13. The number of halogens is 1. The van der Waals surface area contributed by atoms with Gasteiger partial charge in [0, 0.05) is 37.8 Å². The van der Waals surface area contributed by atoms with E-state index in [9.17, 15) is 0 Å². The van der Waals surface area contributed by atoms with Gasteiger partial charge in [-0.1, -0.05) is 25.6 Å². The van der Waals surface area contributed by atoms with Crippen LogP contribution in [0, 0.1) is 5.92 Å². The maximum atomic E-state index is 4.39. The molecule has 27 heavy (non-hydrogen) atoms. The largest absolute Gasteiger partial charge is 0.356 e. The van der Waals surface area contributed by atoms with Gasteiger partial charge in [0.05, 0.1) is 0 Å². The first kappa shape index (κ1) is 24.9. The lowest BCUT2D eigenvalue weighted by atomic mass is 10.2. The molecule has 1 aromatic rings. The first-order valence-electron chi connectivity index (χ1n) is 9.53. The van der Waals surface area contributed by atoms with Crippen LogP contribution in [0.15, 0.2) is 10.1 Å². The SMILES string of the molecule is CN=C(NCCCc1nnc(SC)n1CC(C)C)NC1CCC(SC)C1.I. The van der Waals surface area contributed by atoms with Gasteiger partial charge < -0.3 is 15.2 Å². The van der Waals surface area contributed by atoms with Gasteiger partial charge in [0.1, 0.15) is 5.82 Å². The molecule has 2 N–H and O–H groups in total. The number of rotatable bonds is 9. The van der Waals surface area contributed by atoms with E-state index in [-0.39, 0.29) is 24.0 Å². The van der Waals surface area contributed by atoms with Crippen LogP contribution in [0.4, 0.5) is 0 Å². The van der Waals surface area contributed by atoms with Crippen molar-refractivity contribution in [2.75, 3.05) is 26.1 Å². The van der Waals surface area contributed by atoms with E-state index in [1.54, 1.807) is 11.8 Å². The lowest BCUT2D eigenvalue weighted by Gasteiger charge is -2.17. The van der Waals surface area contributed by atoms with Gasteiger partial charge in [0.25, 0.3) is 0 Å². The molecule has 2 rings (SSSR count). The second kappa shape index (κ2) is 13.1. The van der Waals surface area contributed by atoms with Crippen molar-refractivity contribution in [3.05, 3.63) is 5.82 Å². The van der Waals surface area contributed by atoms with Gasteiger partial charge in [-0.05, 0) is 44.1 Å². The molecular formula is C18H35IN6S2. The lowest BCUT2D eigenvalue weighted by Crippen LogP contribution is -2.43. The molecule has 0 bridgehead atoms. The molecule has 1 aromatic heterocycles. The van der Waals surface area contributed by atoms with Crippen LogP contribution in [0.1, 0.15) is 45.4 Å². The Balaban J connectivity index is 0.00000364. The summed E-state index contributed by atoms with van der Waals surface area (Å²) in [6.45, 7) is 6.33. The van der Waals surface area contributed by atoms with Crippen LogP contribution in [0.5, 0.6) is 0 Å². The highest BCUT2D eigenvalue weighted by atomic mass is 127. The first-order chi connectivity index (χ1) is 12.6. The summed E-state index contributed by atoms with van der Waals surface area (Å²) >= 11 is 3.65. The normalized spacial score (nSPS) is 20.0. The van der Waals surface area contributed by atoms with Crippen LogP contribution in [-0.2, 0) is 13.0 Å². The standard InChI is InChI=1S/C18H34N6S2.HI/c1-13(2)12-24-16(22-23-18(24)26-5)7-6-10-20-17(19-3)21-14-8-9-15(11-14)25-4;/h13-15H,6-12H2,1-5H3,(H2,19,20,21);1H. The van der Waals surface area contributed by atoms with Gasteiger partial charge in [-0.15, -0.1) is 34.2 Å². The second-order valence-electron chi connectivity index (χ2n) is 7.22. The Labute approximate surface area is 189 Å². The quantitative estimate of drug-likeness (QED) is 0.168. The number of aryl methyl sites for hydroxylation is 1. The minimum atomic E-state index is 0. The summed E-state index contributed by atoms with van der Waals surface area (Å²) in [7, 11) is 1.85. The summed E-state index contributed by atoms with van der Waals surface area (Å²) < 4.78 is 2.27. The Kier molecular flexibility index (Phi) is 12.1. The lowest BCUT2D eigenvalue weighted by molar-refractivity contribution is 0.477. The average Bonchev–Trinajstić information content (AvgIpc) is 3.23. The van der Waals surface area contributed by atoms with Crippen LogP contribution >= 0.6 is 47.5 Å². The van der Waals surface area contributed by atoms with E-state index >= 15 is 0 Å². The molecule has 6 nitrogen and oxygen atoms in total. The van der Waals surface area contributed by atoms with Crippen LogP contribution in [0.25, 0.3) is 0 Å². The van der Waals surface area contributed by atoms with Crippen molar-refractivity contribution in [2.45, 2.75) is 68.9 Å². The Morgan fingerprint density at radius 3 is 2.67 bits per heavy atom. The van der Waals surface area contributed by atoms with Crippen LogP contribution in [0.2, 0.25) is 0 Å². The summed E-state index contributed by atoms with van der Waals surface area (Å²) in [5.41, 5.74) is 0. The van der Waals surface area contributed by atoms with Gasteiger partial charge >= 0.3 is 0 Å². The summed E-state index contributed by atoms with van der Waals surface area (Å²) in [4.78, 5) is 4.37. The fourth-order valence-electron chi connectivity index (χ4n) is 3.33. The van der Waals surface area contributed by atoms with E-state index in [1.165, 1.54) is 19.3 Å². The van der Waals surface area contributed by atoms with Crippen molar-refractivity contribution >= 4 is 53.5 Å². The molecular weight excluding hydrogens is 491 g/mol. The van der Waals surface area contributed by atoms with E-state index in [1.807, 2.05) is 18.8 Å². The minimum absolute atomic E-state index is 0. The number of hydrogen-bond donors (Lipinski definition) is 2. The van der Waals surface area contributed by atoms with Crippen molar-refractivity contribution in [1.29, 1.82) is 0 Å². The molecule has 2 unspecified atom stereocenters. The summed E-state index contributed by atoms with van der Waals surface area (Å²) in [5.74, 6) is 2.60. The maximum absolute atomic E-state index is 4.39. The molecule has 0 radical (unpaired) electrons. The molecule has 0 aliphatic heterocycles. The minimum Gasteiger partial charge on any atom is -0.356 e. The van der Waals surface area contributed by atoms with Crippen molar-refractivity contribution in [1.82, 2.24) is 25.4 Å². The van der Waals surface area contributed by atoms with Crippen LogP contribution < -0.4 is 10.6 Å².